The van der Waals surface area contributed by atoms with E-state index < -0.39 is 33.0 Å². The van der Waals surface area contributed by atoms with Gasteiger partial charge in [-0.05, 0) is 44.5 Å². The molecule has 3 N–H and O–H groups in total. The Hall–Kier alpha value is -3.20. The van der Waals surface area contributed by atoms with E-state index in [2.05, 4.69) is 20.2 Å². The van der Waals surface area contributed by atoms with Crippen LogP contribution >= 0.6 is 11.3 Å². The van der Waals surface area contributed by atoms with E-state index in [1.165, 1.54) is 22.6 Å². The molecule has 0 radical (unpaired) electrons. The van der Waals surface area contributed by atoms with Crippen molar-refractivity contribution in [1.29, 1.82) is 0 Å². The fourth-order valence-corrected chi connectivity index (χ4v) is 7.02. The quantitative estimate of drug-likeness (QED) is 0.388. The molecule has 3 aromatic rings. The summed E-state index contributed by atoms with van der Waals surface area (Å²) >= 11 is 0.905. The number of pyridine rings is 1. The van der Waals surface area contributed by atoms with Gasteiger partial charge >= 0.3 is 0 Å². The second-order valence-corrected chi connectivity index (χ2v) is 12.5. The predicted molar refractivity (Wildman–Crippen MR) is 142 cm³/mol. The Balaban J connectivity index is 1.18. The highest BCUT2D eigenvalue weighted by molar-refractivity contribution is 7.89. The number of likely N-dealkylation sites (N-methyl/N-ethyl adjacent to an activating group) is 1. The first-order valence-corrected chi connectivity index (χ1v) is 14.7. The number of rotatable bonds is 8. The second-order valence-electron chi connectivity index (χ2n) is 9.60. The smallest absolute Gasteiger partial charge is 0.244 e. The number of hydrogen-bond acceptors (Lipinski definition) is 10. The van der Waals surface area contributed by atoms with Crippen LogP contribution in [-0.2, 0) is 10.0 Å². The van der Waals surface area contributed by atoms with Gasteiger partial charge in [0.05, 0.1) is 11.8 Å². The van der Waals surface area contributed by atoms with Gasteiger partial charge in [0.15, 0.2) is 5.13 Å². The maximum atomic E-state index is 14.1. The number of carbonyl (C=O) groups is 1. The molecule has 39 heavy (non-hydrogen) atoms. The summed E-state index contributed by atoms with van der Waals surface area (Å²) < 4.78 is 61.7. The maximum Gasteiger partial charge on any atom is 0.244 e. The van der Waals surface area contributed by atoms with Crippen molar-refractivity contribution in [2.75, 3.05) is 44.3 Å². The number of nitrogen functional groups attached to an aromatic ring is 1. The van der Waals surface area contributed by atoms with E-state index in [1.54, 1.807) is 6.07 Å². The van der Waals surface area contributed by atoms with Crippen LogP contribution in [0.2, 0.25) is 0 Å². The summed E-state index contributed by atoms with van der Waals surface area (Å²) in [6, 6.07) is 6.14. The van der Waals surface area contributed by atoms with Crippen molar-refractivity contribution in [3.8, 4) is 5.88 Å². The first kappa shape index (κ1) is 27.4. The molecule has 1 aromatic carbocycles. The predicted octanol–water partition coefficient (Wildman–Crippen LogP) is 2.98. The number of thiazole rings is 1. The number of carbonyl (C=O) groups excluding carboxylic acids is 1. The Kier molecular flexibility index (Phi) is 7.80. The summed E-state index contributed by atoms with van der Waals surface area (Å²) in [6.07, 6.45) is 3.22. The first-order valence-electron chi connectivity index (χ1n) is 12.4. The maximum absolute atomic E-state index is 14.1. The molecule has 2 fully saturated rings. The van der Waals surface area contributed by atoms with Crippen LogP contribution in [0.3, 0.4) is 0 Å². The summed E-state index contributed by atoms with van der Waals surface area (Å²) in [7, 11) is -1.71. The monoisotopic (exact) mass is 578 g/mol. The lowest BCUT2D eigenvalue weighted by Gasteiger charge is -2.31. The zero-order valence-electron chi connectivity index (χ0n) is 21.1. The van der Waals surface area contributed by atoms with Crippen LogP contribution in [-0.4, -0.2) is 78.7 Å². The van der Waals surface area contributed by atoms with Gasteiger partial charge in [-0.15, -0.1) is 0 Å². The van der Waals surface area contributed by atoms with E-state index in [1.807, 2.05) is 7.05 Å². The number of likely N-dealkylation sites (tertiary alicyclic amines) is 1. The third-order valence-electron chi connectivity index (χ3n) is 6.81. The SMILES string of the molecule is CN1CC[C@H](Oc2ccc(S(=O)(=O)N3CCC(Nc4nc(N)c(C(=O)c5c(F)cccc5F)s4)CC3)cn2)C1. The van der Waals surface area contributed by atoms with Gasteiger partial charge < -0.3 is 20.7 Å². The van der Waals surface area contributed by atoms with Gasteiger partial charge in [0.25, 0.3) is 0 Å². The van der Waals surface area contributed by atoms with E-state index in [0.29, 0.717) is 23.9 Å². The van der Waals surface area contributed by atoms with Crippen LogP contribution in [0.1, 0.15) is 34.5 Å². The molecule has 2 saturated heterocycles. The minimum absolute atomic E-state index is 0.0412. The lowest BCUT2D eigenvalue weighted by Crippen LogP contribution is -2.42. The lowest BCUT2D eigenvalue weighted by molar-refractivity contribution is 0.103. The number of benzene rings is 1. The highest BCUT2D eigenvalue weighted by Crippen LogP contribution is 2.31. The molecule has 0 saturated carbocycles. The fraction of sp³-hybridized carbons (Fsp3) is 0.400. The number of halogens is 2. The number of ether oxygens (including phenoxy) is 1. The Morgan fingerprint density at radius 3 is 2.46 bits per heavy atom. The molecule has 4 heterocycles. The van der Waals surface area contributed by atoms with E-state index >= 15 is 0 Å². The molecule has 5 rings (SSSR count). The fourth-order valence-electron chi connectivity index (χ4n) is 4.70. The van der Waals surface area contributed by atoms with E-state index in [0.717, 1.165) is 43.0 Å². The summed E-state index contributed by atoms with van der Waals surface area (Å²) in [5, 5.41) is 3.49. The number of nitrogens with two attached hydrogens (primary N) is 1. The number of aromatic nitrogens is 2. The molecule has 14 heteroatoms. The summed E-state index contributed by atoms with van der Waals surface area (Å²) in [6.45, 7) is 2.28. The lowest BCUT2D eigenvalue weighted by atomic mass is 10.1. The van der Waals surface area contributed by atoms with Crippen LogP contribution in [0.5, 0.6) is 5.88 Å². The molecule has 0 unspecified atom stereocenters. The van der Waals surface area contributed by atoms with Crippen molar-refractivity contribution in [2.24, 2.45) is 0 Å². The number of nitrogens with zero attached hydrogens (tertiary/aromatic N) is 4. The van der Waals surface area contributed by atoms with E-state index in [-0.39, 0.29) is 40.8 Å². The van der Waals surface area contributed by atoms with Crippen molar-refractivity contribution in [1.82, 2.24) is 19.2 Å². The highest BCUT2D eigenvalue weighted by Gasteiger charge is 2.31. The molecule has 0 spiro atoms. The van der Waals surface area contributed by atoms with Crippen LogP contribution < -0.4 is 15.8 Å². The molecule has 1 atom stereocenters. The number of sulfonamides is 1. The minimum Gasteiger partial charge on any atom is -0.473 e. The molecule has 2 aliphatic rings. The van der Waals surface area contributed by atoms with Gasteiger partial charge in [-0.2, -0.15) is 4.31 Å². The molecule has 208 valence electrons. The van der Waals surface area contributed by atoms with Gasteiger partial charge in [-0.25, -0.2) is 27.2 Å². The molecular formula is C25H28F2N6O4S2. The van der Waals surface area contributed by atoms with Gasteiger partial charge in [0.2, 0.25) is 21.7 Å². The summed E-state index contributed by atoms with van der Waals surface area (Å²) in [5.74, 6) is -2.56. The molecule has 2 aliphatic heterocycles. The summed E-state index contributed by atoms with van der Waals surface area (Å²) in [5.41, 5.74) is 5.20. The zero-order chi connectivity index (χ0) is 27.7. The van der Waals surface area contributed by atoms with Crippen LogP contribution in [0.15, 0.2) is 41.4 Å². The standard InChI is InChI=1S/C25H28F2N6O4S2/c1-32-10-9-16(14-32)37-20-6-5-17(13-29-20)39(35,36)33-11-7-15(8-12-33)30-25-31-24(28)23(38-25)22(34)21-18(26)3-2-4-19(21)27/h2-6,13,15-16H,7-12,14,28H2,1H3,(H,30,31)/t16-/m0/s1. The Morgan fingerprint density at radius 1 is 1.13 bits per heavy atom. The molecule has 0 bridgehead atoms. The molecule has 0 aliphatic carbocycles. The molecule has 0 amide bonds. The highest BCUT2D eigenvalue weighted by atomic mass is 32.2. The van der Waals surface area contributed by atoms with Crippen LogP contribution in [0.25, 0.3) is 0 Å². The molecular weight excluding hydrogens is 550 g/mol. The largest absolute Gasteiger partial charge is 0.473 e. The topological polar surface area (TPSA) is 131 Å². The van der Waals surface area contributed by atoms with Crippen molar-refractivity contribution in [2.45, 2.75) is 36.3 Å². The average Bonchev–Trinajstić information content (AvgIpc) is 3.48. The normalized spacial score (nSPS) is 19.3. The number of nitrogens with one attached hydrogen (secondary N) is 1. The number of piperidine rings is 1. The summed E-state index contributed by atoms with van der Waals surface area (Å²) in [4.78, 5) is 23.3. The van der Waals surface area contributed by atoms with Crippen molar-refractivity contribution < 1.29 is 26.7 Å². The van der Waals surface area contributed by atoms with Crippen molar-refractivity contribution >= 4 is 38.1 Å². The third kappa shape index (κ3) is 5.88. The van der Waals surface area contributed by atoms with Gasteiger partial charge in [0.1, 0.15) is 33.3 Å². The number of anilines is 2. The third-order valence-corrected chi connectivity index (χ3v) is 9.70. The second kappa shape index (κ2) is 11.1. The van der Waals surface area contributed by atoms with E-state index in [4.69, 9.17) is 10.5 Å². The van der Waals surface area contributed by atoms with Crippen LogP contribution in [0, 0.1) is 11.6 Å². The molecule has 10 nitrogen and oxygen atoms in total. The average molecular weight is 579 g/mol. The van der Waals surface area contributed by atoms with Crippen molar-refractivity contribution in [3.63, 3.8) is 0 Å². The minimum atomic E-state index is -3.73. The zero-order valence-corrected chi connectivity index (χ0v) is 22.8. The number of hydrogen-bond donors (Lipinski definition) is 2. The van der Waals surface area contributed by atoms with Gasteiger partial charge in [-0.1, -0.05) is 17.4 Å². The first-order chi connectivity index (χ1) is 18.6. The van der Waals surface area contributed by atoms with Crippen LogP contribution in [0.4, 0.5) is 19.7 Å². The van der Waals surface area contributed by atoms with Gasteiger partial charge in [-0.3, -0.25) is 4.79 Å². The Morgan fingerprint density at radius 2 is 1.85 bits per heavy atom. The Labute approximate surface area is 228 Å². The van der Waals surface area contributed by atoms with Gasteiger partial charge in [0, 0.05) is 38.3 Å². The van der Waals surface area contributed by atoms with Crippen molar-refractivity contribution in [3.05, 3.63) is 58.6 Å². The van der Waals surface area contributed by atoms with E-state index in [9.17, 15) is 22.0 Å². The number of ketones is 1. The molecule has 2 aromatic heterocycles. The Bertz CT molecular complexity index is 1440.